The van der Waals surface area contributed by atoms with Crippen molar-refractivity contribution in [2.75, 3.05) is 11.1 Å². The van der Waals surface area contributed by atoms with Gasteiger partial charge in [-0.1, -0.05) is 6.07 Å². The normalized spacial score (nSPS) is 10.8. The fourth-order valence-electron chi connectivity index (χ4n) is 3.04. The van der Waals surface area contributed by atoms with Crippen LogP contribution in [0.1, 0.15) is 0 Å². The number of nitrogen functional groups attached to an aromatic ring is 1. The van der Waals surface area contributed by atoms with Gasteiger partial charge in [-0.15, -0.1) is 0 Å². The lowest BCUT2D eigenvalue weighted by molar-refractivity contribution is -0.383. The van der Waals surface area contributed by atoms with Gasteiger partial charge in [0.25, 0.3) is 5.69 Å². The van der Waals surface area contributed by atoms with Crippen LogP contribution in [0.15, 0.2) is 54.9 Å². The van der Waals surface area contributed by atoms with Gasteiger partial charge in [0, 0.05) is 42.6 Å². The van der Waals surface area contributed by atoms with Gasteiger partial charge in [0.15, 0.2) is 0 Å². The van der Waals surface area contributed by atoms with Crippen molar-refractivity contribution in [3.8, 4) is 22.4 Å². The lowest BCUT2D eigenvalue weighted by Gasteiger charge is -2.10. The second-order valence-corrected chi connectivity index (χ2v) is 6.64. The summed E-state index contributed by atoms with van der Waals surface area (Å²) in [5, 5.41) is 18.5. The molecule has 31 heavy (non-hydrogen) atoms. The molecule has 9 nitrogen and oxygen atoms in total. The maximum absolute atomic E-state index is 14.1. The molecule has 0 aliphatic rings. The summed E-state index contributed by atoms with van der Waals surface area (Å²) in [7, 11) is 1.74. The minimum absolute atomic E-state index is 0.0139. The minimum atomic E-state index is -0.823. The van der Waals surface area contributed by atoms with Crippen molar-refractivity contribution in [1.82, 2.24) is 19.7 Å². The Balaban J connectivity index is 1.72. The summed E-state index contributed by atoms with van der Waals surface area (Å²) in [4.78, 5) is 19.1. The van der Waals surface area contributed by atoms with Crippen LogP contribution in [-0.4, -0.2) is 24.7 Å². The van der Waals surface area contributed by atoms with E-state index in [1.54, 1.807) is 30.2 Å². The Morgan fingerprint density at radius 2 is 1.90 bits per heavy atom. The SMILES string of the molecule is Cn1cc(-c2ccc(Nc3cc(-c4ccc(F)cc4F)nc(N)n3)c([N+](=O)[O-])c2)cn1. The number of nitrogens with one attached hydrogen (secondary N) is 1. The Hall–Kier alpha value is -4.41. The standard InChI is InChI=1S/C20H15F2N7O2/c1-28-10-12(9-24-28)11-2-5-16(18(6-11)29(30)31)25-19-8-17(26-20(23)27-19)14-4-3-13(21)7-15(14)22/h2-10H,1H3,(H3,23,25,26,27). The van der Waals surface area contributed by atoms with Crippen LogP contribution in [0, 0.1) is 21.7 Å². The molecule has 0 bridgehead atoms. The second-order valence-electron chi connectivity index (χ2n) is 6.64. The summed E-state index contributed by atoms with van der Waals surface area (Å²) < 4.78 is 28.9. The molecule has 0 fully saturated rings. The Kier molecular flexibility index (Phi) is 4.99. The van der Waals surface area contributed by atoms with E-state index in [-0.39, 0.29) is 34.4 Å². The summed E-state index contributed by atoms with van der Waals surface area (Å²) in [5.41, 5.74) is 7.13. The van der Waals surface area contributed by atoms with Crippen molar-refractivity contribution in [2.45, 2.75) is 0 Å². The Labute approximate surface area is 174 Å². The molecule has 2 aromatic heterocycles. The number of nitrogens with two attached hydrogens (primary N) is 1. The molecule has 4 aromatic rings. The van der Waals surface area contributed by atoms with Gasteiger partial charge in [-0.05, 0) is 23.8 Å². The number of aryl methyl sites for hydroxylation is 1. The molecule has 0 saturated heterocycles. The van der Waals surface area contributed by atoms with E-state index in [0.717, 1.165) is 17.7 Å². The molecular weight excluding hydrogens is 408 g/mol. The van der Waals surface area contributed by atoms with Crippen molar-refractivity contribution >= 4 is 23.1 Å². The van der Waals surface area contributed by atoms with Gasteiger partial charge in [0.1, 0.15) is 23.1 Å². The van der Waals surface area contributed by atoms with E-state index in [1.165, 1.54) is 24.3 Å². The monoisotopic (exact) mass is 423 g/mol. The van der Waals surface area contributed by atoms with E-state index < -0.39 is 16.6 Å². The fraction of sp³-hybridized carbons (Fsp3) is 0.0500. The van der Waals surface area contributed by atoms with E-state index in [2.05, 4.69) is 20.4 Å². The lowest BCUT2D eigenvalue weighted by atomic mass is 10.1. The van der Waals surface area contributed by atoms with E-state index in [1.807, 2.05) is 0 Å². The predicted octanol–water partition coefficient (Wildman–Crippen LogP) is 4.06. The number of benzene rings is 2. The third-order valence-corrected chi connectivity index (χ3v) is 4.45. The zero-order valence-electron chi connectivity index (χ0n) is 16.1. The summed E-state index contributed by atoms with van der Waals surface area (Å²) in [6.07, 6.45) is 3.33. The number of halogens is 2. The quantitative estimate of drug-likeness (QED) is 0.366. The number of aromatic nitrogens is 4. The maximum atomic E-state index is 14.1. The van der Waals surface area contributed by atoms with E-state index in [0.29, 0.717) is 5.56 Å². The molecular formula is C20H15F2N7O2. The predicted molar refractivity (Wildman–Crippen MR) is 110 cm³/mol. The molecule has 0 saturated carbocycles. The summed E-state index contributed by atoms with van der Waals surface area (Å²) in [6, 6.07) is 9.03. The summed E-state index contributed by atoms with van der Waals surface area (Å²) in [5.74, 6) is -1.62. The molecule has 156 valence electrons. The van der Waals surface area contributed by atoms with Crippen molar-refractivity contribution in [1.29, 1.82) is 0 Å². The molecule has 0 aliphatic carbocycles. The molecule has 11 heteroatoms. The largest absolute Gasteiger partial charge is 0.368 e. The first-order valence-electron chi connectivity index (χ1n) is 8.94. The van der Waals surface area contributed by atoms with Gasteiger partial charge in [-0.3, -0.25) is 14.8 Å². The zero-order valence-corrected chi connectivity index (χ0v) is 16.1. The zero-order chi connectivity index (χ0) is 22.1. The highest BCUT2D eigenvalue weighted by Crippen LogP contribution is 2.33. The topological polar surface area (TPSA) is 125 Å². The number of nitro groups is 1. The average molecular weight is 423 g/mol. The van der Waals surface area contributed by atoms with Gasteiger partial charge in [0.05, 0.1) is 16.8 Å². The smallest absolute Gasteiger partial charge is 0.293 e. The first-order chi connectivity index (χ1) is 14.8. The van der Waals surface area contributed by atoms with Crippen LogP contribution in [0.4, 0.5) is 31.9 Å². The number of anilines is 3. The first-order valence-corrected chi connectivity index (χ1v) is 8.94. The number of rotatable bonds is 5. The van der Waals surface area contributed by atoms with Gasteiger partial charge in [-0.2, -0.15) is 10.1 Å². The Morgan fingerprint density at radius 3 is 2.58 bits per heavy atom. The highest BCUT2D eigenvalue weighted by Gasteiger charge is 2.18. The molecule has 0 atom stereocenters. The summed E-state index contributed by atoms with van der Waals surface area (Å²) >= 11 is 0. The van der Waals surface area contributed by atoms with Crippen LogP contribution < -0.4 is 11.1 Å². The molecule has 0 amide bonds. The lowest BCUT2D eigenvalue weighted by Crippen LogP contribution is -2.04. The average Bonchev–Trinajstić information content (AvgIpc) is 3.14. The highest BCUT2D eigenvalue weighted by atomic mass is 19.1. The number of hydrogen-bond acceptors (Lipinski definition) is 7. The minimum Gasteiger partial charge on any atom is -0.368 e. The van der Waals surface area contributed by atoms with Crippen LogP contribution in [0.25, 0.3) is 22.4 Å². The molecule has 3 N–H and O–H groups in total. The molecule has 0 unspecified atom stereocenters. The van der Waals surface area contributed by atoms with Crippen LogP contribution in [0.3, 0.4) is 0 Å². The molecule has 2 heterocycles. The van der Waals surface area contributed by atoms with Gasteiger partial charge in [-0.25, -0.2) is 13.8 Å². The molecule has 0 aliphatic heterocycles. The number of nitrogens with zero attached hydrogens (tertiary/aromatic N) is 5. The molecule has 0 spiro atoms. The Bertz CT molecular complexity index is 1310. The van der Waals surface area contributed by atoms with Crippen LogP contribution in [0.5, 0.6) is 0 Å². The van der Waals surface area contributed by atoms with Gasteiger partial charge >= 0.3 is 0 Å². The van der Waals surface area contributed by atoms with Gasteiger partial charge < -0.3 is 11.1 Å². The highest BCUT2D eigenvalue weighted by molar-refractivity contribution is 5.76. The van der Waals surface area contributed by atoms with Crippen LogP contribution >= 0.6 is 0 Å². The van der Waals surface area contributed by atoms with Crippen molar-refractivity contribution < 1.29 is 13.7 Å². The third-order valence-electron chi connectivity index (χ3n) is 4.45. The fourth-order valence-corrected chi connectivity index (χ4v) is 3.04. The van der Waals surface area contributed by atoms with Crippen molar-refractivity contribution in [2.24, 2.45) is 7.05 Å². The van der Waals surface area contributed by atoms with Crippen molar-refractivity contribution in [3.63, 3.8) is 0 Å². The maximum Gasteiger partial charge on any atom is 0.293 e. The molecule has 4 rings (SSSR count). The van der Waals surface area contributed by atoms with Gasteiger partial charge in [0.2, 0.25) is 5.95 Å². The molecule has 0 radical (unpaired) electrons. The van der Waals surface area contributed by atoms with E-state index >= 15 is 0 Å². The second kappa shape index (κ2) is 7.78. The summed E-state index contributed by atoms with van der Waals surface area (Å²) in [6.45, 7) is 0. The Morgan fingerprint density at radius 1 is 1.10 bits per heavy atom. The van der Waals surface area contributed by atoms with Crippen LogP contribution in [-0.2, 0) is 7.05 Å². The third kappa shape index (κ3) is 4.15. The number of hydrogen-bond donors (Lipinski definition) is 2. The van der Waals surface area contributed by atoms with E-state index in [4.69, 9.17) is 5.73 Å². The van der Waals surface area contributed by atoms with Crippen LogP contribution in [0.2, 0.25) is 0 Å². The molecule has 2 aromatic carbocycles. The van der Waals surface area contributed by atoms with E-state index in [9.17, 15) is 18.9 Å². The number of nitro benzene ring substituents is 1. The van der Waals surface area contributed by atoms with Crippen molar-refractivity contribution in [3.05, 3.63) is 76.6 Å². The first kappa shape index (κ1) is 19.9.